The van der Waals surface area contributed by atoms with Crippen LogP contribution in [0.25, 0.3) is 44.2 Å². The molecular weight excluding hydrogens is 490 g/mol. The van der Waals surface area contributed by atoms with Crippen molar-refractivity contribution >= 4 is 44.5 Å². The normalized spacial score (nSPS) is 15.4. The summed E-state index contributed by atoms with van der Waals surface area (Å²) in [6, 6.07) is 10.7. The summed E-state index contributed by atoms with van der Waals surface area (Å²) >= 11 is 3.49. The molecule has 5 aromatic rings. The van der Waals surface area contributed by atoms with Crippen LogP contribution >= 0.6 is 23.3 Å². The highest BCUT2D eigenvalue weighted by molar-refractivity contribution is 7.97. The fourth-order valence-electron chi connectivity index (χ4n) is 4.57. The number of H-pyrrole nitrogens is 1. The molecule has 1 fully saturated rings. The Labute approximate surface area is 218 Å². The summed E-state index contributed by atoms with van der Waals surface area (Å²) in [5.74, 6) is 1.68. The van der Waals surface area contributed by atoms with E-state index in [2.05, 4.69) is 73.0 Å². The minimum absolute atomic E-state index is 0.608. The van der Waals surface area contributed by atoms with E-state index in [1.165, 1.54) is 15.2 Å². The fourth-order valence-corrected chi connectivity index (χ4v) is 6.22. The molecule has 8 nitrogen and oxygen atoms in total. The minimum Gasteiger partial charge on any atom is -0.383 e. The Hall–Kier alpha value is -2.76. The van der Waals surface area contributed by atoms with Gasteiger partial charge in [-0.3, -0.25) is 0 Å². The summed E-state index contributed by atoms with van der Waals surface area (Å²) in [5, 5.41) is 0. The number of aryl methyl sites for hydroxylation is 1. The van der Waals surface area contributed by atoms with E-state index >= 15 is 0 Å². The molecular formula is C26H29N7OS2. The van der Waals surface area contributed by atoms with Crippen LogP contribution < -0.4 is 0 Å². The van der Waals surface area contributed by atoms with Crippen molar-refractivity contribution in [3.8, 4) is 22.9 Å². The Balaban J connectivity index is 1.36. The van der Waals surface area contributed by atoms with E-state index in [4.69, 9.17) is 9.72 Å². The highest BCUT2D eigenvalue weighted by Crippen LogP contribution is 2.33. The van der Waals surface area contributed by atoms with Crippen molar-refractivity contribution in [1.82, 2.24) is 33.7 Å². The maximum absolute atomic E-state index is 5.43. The maximum atomic E-state index is 5.43. The first kappa shape index (κ1) is 23.6. The molecule has 36 heavy (non-hydrogen) atoms. The van der Waals surface area contributed by atoms with Crippen LogP contribution in [0.2, 0.25) is 0 Å². The number of aromatic nitrogens is 5. The van der Waals surface area contributed by atoms with E-state index in [1.807, 2.05) is 23.7 Å². The van der Waals surface area contributed by atoms with Gasteiger partial charge in [0, 0.05) is 50.3 Å². The van der Waals surface area contributed by atoms with Gasteiger partial charge in [0.2, 0.25) is 0 Å². The van der Waals surface area contributed by atoms with Gasteiger partial charge < -0.3 is 19.2 Å². The Morgan fingerprint density at radius 1 is 1.08 bits per heavy atom. The molecule has 1 N–H and O–H groups in total. The molecule has 4 heterocycles. The molecule has 0 spiro atoms. The number of nitrogens with one attached hydrogen (secondary N) is 1. The van der Waals surface area contributed by atoms with Gasteiger partial charge in [0.1, 0.15) is 11.5 Å². The van der Waals surface area contributed by atoms with Crippen molar-refractivity contribution in [1.29, 1.82) is 0 Å². The minimum atomic E-state index is 0.608. The van der Waals surface area contributed by atoms with Crippen molar-refractivity contribution in [3.63, 3.8) is 0 Å². The summed E-state index contributed by atoms with van der Waals surface area (Å²) in [4.78, 5) is 21.4. The molecule has 0 aliphatic carbocycles. The number of aromatic amines is 1. The van der Waals surface area contributed by atoms with Crippen LogP contribution in [0, 0.1) is 6.92 Å². The number of likely N-dealkylation sites (N-methyl/N-ethyl adjacent to an activating group) is 1. The van der Waals surface area contributed by atoms with Crippen LogP contribution in [0.15, 0.2) is 46.9 Å². The van der Waals surface area contributed by atoms with Gasteiger partial charge in [0.05, 0.1) is 39.6 Å². The van der Waals surface area contributed by atoms with Gasteiger partial charge in [0.25, 0.3) is 0 Å². The number of thiazole rings is 1. The van der Waals surface area contributed by atoms with E-state index in [0.29, 0.717) is 13.2 Å². The van der Waals surface area contributed by atoms with Gasteiger partial charge in [-0.1, -0.05) is 0 Å². The predicted molar refractivity (Wildman–Crippen MR) is 147 cm³/mol. The molecule has 1 saturated heterocycles. The number of benzene rings is 2. The summed E-state index contributed by atoms with van der Waals surface area (Å²) in [6.45, 7) is 7.84. The summed E-state index contributed by atoms with van der Waals surface area (Å²) in [5.41, 5.74) is 8.13. The van der Waals surface area contributed by atoms with Gasteiger partial charge >= 0.3 is 0 Å². The third-order valence-corrected chi connectivity index (χ3v) is 8.74. The van der Waals surface area contributed by atoms with E-state index in [0.717, 1.165) is 65.6 Å². The van der Waals surface area contributed by atoms with Gasteiger partial charge in [0.15, 0.2) is 5.82 Å². The lowest BCUT2D eigenvalue weighted by Crippen LogP contribution is -2.41. The summed E-state index contributed by atoms with van der Waals surface area (Å²) in [7, 11) is 3.92. The van der Waals surface area contributed by atoms with Crippen molar-refractivity contribution < 1.29 is 4.74 Å². The molecule has 0 amide bonds. The van der Waals surface area contributed by atoms with Crippen molar-refractivity contribution in [2.75, 3.05) is 46.9 Å². The molecule has 186 valence electrons. The van der Waals surface area contributed by atoms with Gasteiger partial charge in [-0.15, -0.1) is 11.3 Å². The largest absolute Gasteiger partial charge is 0.383 e. The Bertz CT molecular complexity index is 1510. The van der Waals surface area contributed by atoms with Gasteiger partial charge in [-0.2, -0.15) is 0 Å². The first-order valence-electron chi connectivity index (χ1n) is 12.1. The SMILES string of the molecule is COCCn1c(-c2cnc(-c3ccc4scnc4c3)[nH]2)nc2cc(SN3CCN(C)CC3)c(C)cc21. The molecule has 0 radical (unpaired) electrons. The van der Waals surface area contributed by atoms with E-state index < -0.39 is 0 Å². The summed E-state index contributed by atoms with van der Waals surface area (Å²) < 4.78 is 11.3. The number of imidazole rings is 2. The number of rotatable bonds is 7. The molecule has 0 unspecified atom stereocenters. The van der Waals surface area contributed by atoms with Crippen molar-refractivity contribution in [3.05, 3.63) is 47.6 Å². The highest BCUT2D eigenvalue weighted by atomic mass is 32.2. The summed E-state index contributed by atoms with van der Waals surface area (Å²) in [6.07, 6.45) is 1.87. The molecule has 1 aliphatic heterocycles. The third kappa shape index (κ3) is 4.55. The number of hydrogen-bond acceptors (Lipinski definition) is 8. The lowest BCUT2D eigenvalue weighted by atomic mass is 10.2. The standard InChI is InChI=1S/C26H29N7OS2/c1-17-12-22-19(14-24(17)36-32-8-6-31(2)7-9-32)30-26(33(22)10-11-34-3)21-15-27-25(29-21)18-4-5-23-20(13-18)28-16-35-23/h4-5,12-16H,6-11H2,1-3H3,(H,27,29). The first-order valence-corrected chi connectivity index (χ1v) is 13.7. The van der Waals surface area contributed by atoms with E-state index in [1.54, 1.807) is 18.4 Å². The lowest BCUT2D eigenvalue weighted by Gasteiger charge is -2.31. The second kappa shape index (κ2) is 9.95. The zero-order chi connectivity index (χ0) is 24.6. The average Bonchev–Trinajstić information content (AvgIpc) is 3.62. The number of piperazine rings is 1. The number of hydrogen-bond donors (Lipinski definition) is 1. The van der Waals surface area contributed by atoms with Crippen LogP contribution in [0.4, 0.5) is 0 Å². The van der Waals surface area contributed by atoms with Crippen LogP contribution in [0.1, 0.15) is 5.56 Å². The molecule has 3 aromatic heterocycles. The topological polar surface area (TPSA) is 75.1 Å². The molecule has 2 aromatic carbocycles. The number of ether oxygens (including phenoxy) is 1. The van der Waals surface area contributed by atoms with E-state index in [9.17, 15) is 0 Å². The van der Waals surface area contributed by atoms with E-state index in [-0.39, 0.29) is 0 Å². The molecule has 0 bridgehead atoms. The quantitative estimate of drug-likeness (QED) is 0.306. The molecule has 0 saturated carbocycles. The van der Waals surface area contributed by atoms with Gasteiger partial charge in [-0.05, 0) is 61.8 Å². The Morgan fingerprint density at radius 2 is 1.94 bits per heavy atom. The fraction of sp³-hybridized carbons (Fsp3) is 0.346. The van der Waals surface area contributed by atoms with Crippen LogP contribution in [0.3, 0.4) is 0 Å². The van der Waals surface area contributed by atoms with Crippen LogP contribution in [-0.4, -0.2) is 80.7 Å². The van der Waals surface area contributed by atoms with Crippen LogP contribution in [0.5, 0.6) is 0 Å². The maximum Gasteiger partial charge on any atom is 0.159 e. The number of nitrogens with zero attached hydrogens (tertiary/aromatic N) is 6. The number of fused-ring (bicyclic) bond motifs is 2. The molecule has 10 heteroatoms. The zero-order valence-corrected chi connectivity index (χ0v) is 22.3. The molecule has 0 atom stereocenters. The first-order chi connectivity index (χ1) is 17.6. The van der Waals surface area contributed by atoms with Crippen LogP contribution in [-0.2, 0) is 11.3 Å². The second-order valence-electron chi connectivity index (χ2n) is 9.19. The Kier molecular flexibility index (Phi) is 6.53. The molecule has 6 rings (SSSR count). The predicted octanol–water partition coefficient (Wildman–Crippen LogP) is 4.91. The number of methoxy groups -OCH3 is 1. The average molecular weight is 520 g/mol. The van der Waals surface area contributed by atoms with Crippen molar-refractivity contribution in [2.24, 2.45) is 0 Å². The third-order valence-electron chi connectivity index (χ3n) is 6.67. The lowest BCUT2D eigenvalue weighted by molar-refractivity contribution is 0.188. The molecule has 1 aliphatic rings. The second-order valence-corrected chi connectivity index (χ2v) is 11.2. The highest BCUT2D eigenvalue weighted by Gasteiger charge is 2.20. The van der Waals surface area contributed by atoms with Gasteiger partial charge in [-0.25, -0.2) is 19.3 Å². The Morgan fingerprint density at radius 3 is 2.78 bits per heavy atom. The smallest absolute Gasteiger partial charge is 0.159 e. The van der Waals surface area contributed by atoms with Crippen molar-refractivity contribution in [2.45, 2.75) is 18.4 Å². The monoisotopic (exact) mass is 519 g/mol. The zero-order valence-electron chi connectivity index (χ0n) is 20.7.